The summed E-state index contributed by atoms with van der Waals surface area (Å²) in [7, 11) is 0. The third-order valence-electron chi connectivity index (χ3n) is 6.80. The summed E-state index contributed by atoms with van der Waals surface area (Å²) in [6.45, 7) is 0. The topological polar surface area (TPSA) is 52.0 Å². The first kappa shape index (κ1) is 21.7. The van der Waals surface area contributed by atoms with Crippen LogP contribution in [0.5, 0.6) is 0 Å². The van der Waals surface area contributed by atoms with Crippen molar-refractivity contribution >= 4 is 22.1 Å². The molecule has 6 rings (SSSR count). The summed E-state index contributed by atoms with van der Waals surface area (Å²) in [5.74, 6) is 0. The van der Waals surface area contributed by atoms with Crippen molar-refractivity contribution < 1.29 is 0 Å². The molecule has 6 aromatic rings. The van der Waals surface area contributed by atoms with Crippen molar-refractivity contribution in [1.82, 2.24) is 0 Å². The third kappa shape index (κ3) is 3.60. The zero-order valence-corrected chi connectivity index (χ0v) is 19.9. The average Bonchev–Trinajstić information content (AvgIpc) is 2.94. The van der Waals surface area contributed by atoms with Gasteiger partial charge in [-0.05, 0) is 33.7 Å². The van der Waals surface area contributed by atoms with Crippen LogP contribution in [0.4, 0.5) is 11.4 Å². The number of nitrogens with two attached hydrogens (primary N) is 2. The third-order valence-corrected chi connectivity index (χ3v) is 6.80. The highest BCUT2D eigenvalue weighted by Gasteiger charge is 2.24. The van der Waals surface area contributed by atoms with Gasteiger partial charge in [-0.15, -0.1) is 0 Å². The normalized spacial score (nSPS) is 11.0. The van der Waals surface area contributed by atoms with E-state index in [1.54, 1.807) is 0 Å². The van der Waals surface area contributed by atoms with E-state index >= 15 is 0 Å². The predicted octanol–water partition coefficient (Wildman–Crippen LogP) is 8.67. The second kappa shape index (κ2) is 9.09. The minimum Gasteiger partial charge on any atom is -0.398 e. The van der Waals surface area contributed by atoms with Crippen LogP contribution in [-0.4, -0.2) is 0 Å². The molecule has 0 atom stereocenters. The van der Waals surface area contributed by atoms with Crippen LogP contribution in [-0.2, 0) is 0 Å². The Morgan fingerprint density at radius 3 is 1.19 bits per heavy atom. The summed E-state index contributed by atoms with van der Waals surface area (Å²) in [4.78, 5) is 0. The second-order valence-electron chi connectivity index (χ2n) is 8.96. The van der Waals surface area contributed by atoms with Crippen LogP contribution in [0.1, 0.15) is 0 Å². The van der Waals surface area contributed by atoms with Gasteiger partial charge in [0.15, 0.2) is 0 Å². The van der Waals surface area contributed by atoms with Crippen LogP contribution < -0.4 is 11.5 Å². The molecule has 0 saturated heterocycles. The molecule has 0 aromatic heterocycles. The van der Waals surface area contributed by atoms with Crippen LogP contribution in [0.15, 0.2) is 133 Å². The lowest BCUT2D eigenvalue weighted by molar-refractivity contribution is 1.58. The largest absolute Gasteiger partial charge is 0.398 e. The number of benzene rings is 6. The van der Waals surface area contributed by atoms with Crippen molar-refractivity contribution in [1.29, 1.82) is 0 Å². The Morgan fingerprint density at radius 1 is 0.333 bits per heavy atom. The van der Waals surface area contributed by atoms with Gasteiger partial charge in [-0.25, -0.2) is 0 Å². The number of nitrogen functional groups attached to an aromatic ring is 2. The van der Waals surface area contributed by atoms with E-state index in [4.69, 9.17) is 11.5 Å². The van der Waals surface area contributed by atoms with E-state index in [1.807, 2.05) is 30.3 Å². The molecule has 4 N–H and O–H groups in total. The SMILES string of the molecule is Nc1ccc2c(-c3ccccc3)c(N)c(-c3ccccc3)c(-c3ccccc3)c2c1-c1ccccc1. The number of fused-ring (bicyclic) bond motifs is 1. The molecule has 0 unspecified atom stereocenters. The summed E-state index contributed by atoms with van der Waals surface area (Å²) in [6.07, 6.45) is 0. The summed E-state index contributed by atoms with van der Waals surface area (Å²) >= 11 is 0. The Labute approximate surface area is 211 Å². The standard InChI is InChI=1S/C34H26N2/c35-28-22-21-27-29(23-13-5-1-6-14-23)34(36)32(26-19-11-4-12-20-26)31(25-17-9-3-10-18-25)33(27)30(28)24-15-7-2-8-16-24/h1-22H,35-36H2. The minimum absolute atomic E-state index is 0.744. The molecule has 36 heavy (non-hydrogen) atoms. The van der Waals surface area contributed by atoms with Crippen LogP contribution >= 0.6 is 0 Å². The zero-order valence-electron chi connectivity index (χ0n) is 19.9. The first-order valence-corrected chi connectivity index (χ1v) is 12.1. The summed E-state index contributed by atoms with van der Waals surface area (Å²) < 4.78 is 0. The van der Waals surface area contributed by atoms with Gasteiger partial charge >= 0.3 is 0 Å². The first-order valence-electron chi connectivity index (χ1n) is 12.1. The lowest BCUT2D eigenvalue weighted by atomic mass is 9.81. The van der Waals surface area contributed by atoms with Gasteiger partial charge in [0.2, 0.25) is 0 Å². The van der Waals surface area contributed by atoms with Gasteiger partial charge < -0.3 is 11.5 Å². The van der Waals surface area contributed by atoms with Crippen LogP contribution in [0.25, 0.3) is 55.3 Å². The number of anilines is 2. The summed E-state index contributed by atoms with van der Waals surface area (Å²) in [5, 5.41) is 2.20. The highest BCUT2D eigenvalue weighted by atomic mass is 14.6. The fraction of sp³-hybridized carbons (Fsp3) is 0. The first-order chi connectivity index (χ1) is 17.7. The lowest BCUT2D eigenvalue weighted by Gasteiger charge is -2.24. The summed E-state index contributed by atoms with van der Waals surface area (Å²) in [5.41, 5.74) is 23.9. The Morgan fingerprint density at radius 2 is 0.722 bits per heavy atom. The molecule has 0 amide bonds. The molecule has 0 spiro atoms. The molecule has 0 bridgehead atoms. The molecule has 0 fully saturated rings. The van der Waals surface area contributed by atoms with E-state index in [2.05, 4.69) is 103 Å². The van der Waals surface area contributed by atoms with Gasteiger partial charge in [0.05, 0.1) is 0 Å². The maximum absolute atomic E-state index is 7.15. The number of hydrogen-bond donors (Lipinski definition) is 2. The van der Waals surface area contributed by atoms with Gasteiger partial charge in [-0.2, -0.15) is 0 Å². The fourth-order valence-corrected chi connectivity index (χ4v) is 5.25. The van der Waals surface area contributed by atoms with Crippen LogP contribution in [0, 0.1) is 0 Å². The Hall–Kier alpha value is -4.82. The van der Waals surface area contributed by atoms with Crippen molar-refractivity contribution in [3.8, 4) is 44.5 Å². The van der Waals surface area contributed by atoms with E-state index in [1.165, 1.54) is 0 Å². The van der Waals surface area contributed by atoms with E-state index in [0.717, 1.165) is 66.7 Å². The van der Waals surface area contributed by atoms with Gasteiger partial charge in [0.1, 0.15) is 0 Å². The van der Waals surface area contributed by atoms with Crippen molar-refractivity contribution in [3.63, 3.8) is 0 Å². The quantitative estimate of drug-likeness (QED) is 0.257. The molecule has 172 valence electrons. The summed E-state index contributed by atoms with van der Waals surface area (Å²) in [6, 6.07) is 45.9. The second-order valence-corrected chi connectivity index (χ2v) is 8.96. The van der Waals surface area contributed by atoms with E-state index in [9.17, 15) is 0 Å². The van der Waals surface area contributed by atoms with E-state index < -0.39 is 0 Å². The van der Waals surface area contributed by atoms with Gasteiger partial charge in [-0.3, -0.25) is 0 Å². The molecule has 0 heterocycles. The molecule has 6 aromatic carbocycles. The average molecular weight is 463 g/mol. The van der Waals surface area contributed by atoms with Crippen molar-refractivity contribution in [2.45, 2.75) is 0 Å². The van der Waals surface area contributed by atoms with Crippen molar-refractivity contribution in [3.05, 3.63) is 133 Å². The van der Waals surface area contributed by atoms with Crippen molar-refractivity contribution in [2.75, 3.05) is 11.5 Å². The lowest BCUT2D eigenvalue weighted by Crippen LogP contribution is -2.02. The van der Waals surface area contributed by atoms with Gasteiger partial charge in [0.25, 0.3) is 0 Å². The maximum Gasteiger partial charge on any atom is 0.0486 e. The maximum atomic E-state index is 7.15. The molecule has 0 saturated carbocycles. The molecule has 2 heteroatoms. The van der Waals surface area contributed by atoms with Crippen LogP contribution in [0.2, 0.25) is 0 Å². The Balaban J connectivity index is 1.90. The zero-order chi connectivity index (χ0) is 24.5. The van der Waals surface area contributed by atoms with E-state index in [-0.39, 0.29) is 0 Å². The molecular formula is C34H26N2. The fourth-order valence-electron chi connectivity index (χ4n) is 5.25. The molecule has 0 radical (unpaired) electrons. The number of rotatable bonds is 4. The number of hydrogen-bond acceptors (Lipinski definition) is 2. The highest BCUT2D eigenvalue weighted by Crippen LogP contribution is 2.51. The van der Waals surface area contributed by atoms with Crippen molar-refractivity contribution in [2.24, 2.45) is 0 Å². The predicted molar refractivity (Wildman–Crippen MR) is 155 cm³/mol. The molecule has 0 aliphatic carbocycles. The molecule has 0 aliphatic rings. The monoisotopic (exact) mass is 462 g/mol. The Kier molecular flexibility index (Phi) is 5.48. The highest BCUT2D eigenvalue weighted by molar-refractivity contribution is 6.22. The van der Waals surface area contributed by atoms with Crippen LogP contribution in [0.3, 0.4) is 0 Å². The van der Waals surface area contributed by atoms with E-state index in [0.29, 0.717) is 0 Å². The smallest absolute Gasteiger partial charge is 0.0486 e. The van der Waals surface area contributed by atoms with Gasteiger partial charge in [-0.1, -0.05) is 127 Å². The minimum atomic E-state index is 0.744. The molecular weight excluding hydrogens is 436 g/mol. The Bertz CT molecular complexity index is 1620. The molecule has 2 nitrogen and oxygen atoms in total. The molecule has 0 aliphatic heterocycles. The van der Waals surface area contributed by atoms with Gasteiger partial charge in [0, 0.05) is 39.0 Å².